The van der Waals surface area contributed by atoms with Crippen LogP contribution in [0.4, 0.5) is 0 Å². The predicted molar refractivity (Wildman–Crippen MR) is 144 cm³/mol. The maximum atomic E-state index is 13.0. The fraction of sp³-hybridized carbons (Fsp3) is 0.900. The Labute approximate surface area is 229 Å². The molecule has 5 aliphatic rings. The van der Waals surface area contributed by atoms with E-state index in [0.717, 1.165) is 50.5 Å². The zero-order valence-corrected chi connectivity index (χ0v) is 24.9. The van der Waals surface area contributed by atoms with Gasteiger partial charge in [0.25, 0.3) is 0 Å². The van der Waals surface area contributed by atoms with Crippen molar-refractivity contribution in [3.63, 3.8) is 0 Å². The van der Waals surface area contributed by atoms with E-state index in [-0.39, 0.29) is 27.6 Å². The van der Waals surface area contributed by atoms with Crippen molar-refractivity contribution < 1.29 is 31.8 Å². The molecule has 2 N–H and O–H groups in total. The summed E-state index contributed by atoms with van der Waals surface area (Å²) >= 11 is 0. The highest BCUT2D eigenvalue weighted by atomic mass is 32.3. The van der Waals surface area contributed by atoms with Gasteiger partial charge in [-0.05, 0) is 123 Å². The lowest BCUT2D eigenvalue weighted by Gasteiger charge is -2.62. The number of carbonyl (C=O) groups is 1. The monoisotopic (exact) mass is 552 g/mol. The van der Waals surface area contributed by atoms with E-state index in [2.05, 4.69) is 20.8 Å². The molecule has 0 saturated heterocycles. The minimum atomic E-state index is -4.66. The van der Waals surface area contributed by atoms with Gasteiger partial charge in [-0.25, -0.2) is 4.18 Å². The summed E-state index contributed by atoms with van der Waals surface area (Å²) in [6.45, 7) is 11.5. The van der Waals surface area contributed by atoms with E-state index in [1.165, 1.54) is 20.0 Å². The number of aliphatic hydroxyl groups excluding tert-OH is 1. The van der Waals surface area contributed by atoms with E-state index >= 15 is 0 Å². The van der Waals surface area contributed by atoms with E-state index in [1.807, 2.05) is 19.9 Å². The number of rotatable bonds is 7. The summed E-state index contributed by atoms with van der Waals surface area (Å²) in [6.07, 6.45) is 10.5. The van der Waals surface area contributed by atoms with Gasteiger partial charge in [0.15, 0.2) is 0 Å². The molecule has 0 bridgehead atoms. The molecule has 0 heterocycles. The molecule has 5 aliphatic carbocycles. The van der Waals surface area contributed by atoms with Gasteiger partial charge in [-0.2, -0.15) is 8.42 Å². The Bertz CT molecular complexity index is 1100. The van der Waals surface area contributed by atoms with Gasteiger partial charge in [-0.1, -0.05) is 32.4 Å². The van der Waals surface area contributed by atoms with E-state index in [4.69, 9.17) is 8.92 Å². The molecule has 5 saturated carbocycles. The zero-order valence-electron chi connectivity index (χ0n) is 24.0. The minimum Gasteiger partial charge on any atom is -0.469 e. The van der Waals surface area contributed by atoms with E-state index < -0.39 is 34.5 Å². The molecule has 0 aliphatic heterocycles. The summed E-state index contributed by atoms with van der Waals surface area (Å²) in [5.41, 5.74) is 1.81. The second kappa shape index (κ2) is 9.28. The number of carbonyl (C=O) groups excluding carboxylic acids is 1. The first kappa shape index (κ1) is 28.6. The molecule has 2 spiro atoms. The van der Waals surface area contributed by atoms with Gasteiger partial charge in [-0.3, -0.25) is 9.35 Å². The van der Waals surface area contributed by atoms with Crippen molar-refractivity contribution >= 4 is 16.4 Å². The lowest BCUT2D eigenvalue weighted by molar-refractivity contribution is -0.169. The van der Waals surface area contributed by atoms with Crippen LogP contribution in [0.5, 0.6) is 0 Å². The maximum absolute atomic E-state index is 13.0. The molecule has 0 aromatic heterocycles. The Morgan fingerprint density at radius 2 is 1.74 bits per heavy atom. The van der Waals surface area contributed by atoms with Crippen LogP contribution in [0.2, 0.25) is 0 Å². The van der Waals surface area contributed by atoms with Crippen molar-refractivity contribution in [2.24, 2.45) is 51.2 Å². The average Bonchev–Trinajstić information content (AvgIpc) is 3.39. The van der Waals surface area contributed by atoms with Crippen LogP contribution in [0.15, 0.2) is 11.6 Å². The predicted octanol–water partition coefficient (Wildman–Crippen LogP) is 5.73. The number of hydrogen-bond donors (Lipinski definition) is 2. The van der Waals surface area contributed by atoms with Crippen LogP contribution in [0, 0.1) is 51.2 Å². The highest BCUT2D eigenvalue weighted by Crippen LogP contribution is 2.88. The van der Waals surface area contributed by atoms with E-state index in [1.54, 1.807) is 0 Å². The third kappa shape index (κ3) is 4.06. The number of aliphatic hydroxyl groups is 1. The van der Waals surface area contributed by atoms with Gasteiger partial charge in [0.05, 0.1) is 25.2 Å². The van der Waals surface area contributed by atoms with Gasteiger partial charge in [0.2, 0.25) is 0 Å². The van der Waals surface area contributed by atoms with Crippen LogP contribution < -0.4 is 0 Å². The molecular weight excluding hydrogens is 504 g/mol. The number of allylic oxidation sites excluding steroid dienone is 1. The SMILES string of the molecule is COC(=O)C1C(OS(=O)(=O)O)CCC23CC24CCC2(C)C(C(C)CC(O)C=C(C)C)CCC2(C)C4CCC13. The second-order valence-electron chi connectivity index (χ2n) is 14.4. The molecule has 8 heteroatoms. The van der Waals surface area contributed by atoms with Gasteiger partial charge in [-0.15, -0.1) is 0 Å². The molecule has 0 aromatic carbocycles. The van der Waals surface area contributed by atoms with Gasteiger partial charge in [0, 0.05) is 0 Å². The van der Waals surface area contributed by atoms with Crippen molar-refractivity contribution in [3.8, 4) is 0 Å². The molecular formula is C30H48O7S. The van der Waals surface area contributed by atoms with Crippen LogP contribution in [0.25, 0.3) is 0 Å². The first-order valence-electron chi connectivity index (χ1n) is 14.7. The topological polar surface area (TPSA) is 110 Å². The van der Waals surface area contributed by atoms with Crippen molar-refractivity contribution in [1.29, 1.82) is 0 Å². The molecule has 5 fully saturated rings. The van der Waals surface area contributed by atoms with Crippen LogP contribution >= 0.6 is 0 Å². The highest BCUT2D eigenvalue weighted by Gasteiger charge is 2.82. The smallest absolute Gasteiger partial charge is 0.397 e. The maximum Gasteiger partial charge on any atom is 0.397 e. The standard InChI is InChI=1S/C30H48O7S/c1-18(2)15-20(31)16-19(3)21-9-11-28(5)24-8-7-22-25(26(32)36-6)23(37-38(33,34)35)10-12-29(22)17-30(24,29)14-13-27(21,28)4/h15,19-25,31H,7-14,16-17H2,1-6H3,(H,33,34,35). The Hall–Kier alpha value is -0.960. The Morgan fingerprint density at radius 3 is 2.37 bits per heavy atom. The molecule has 7 nitrogen and oxygen atoms in total. The van der Waals surface area contributed by atoms with Crippen LogP contribution in [-0.4, -0.2) is 43.4 Å². The normalized spacial score (nSPS) is 47.0. The van der Waals surface area contributed by atoms with Crippen molar-refractivity contribution in [2.75, 3.05) is 7.11 Å². The first-order chi connectivity index (χ1) is 17.6. The van der Waals surface area contributed by atoms with Crippen molar-refractivity contribution in [3.05, 3.63) is 11.6 Å². The van der Waals surface area contributed by atoms with E-state index in [0.29, 0.717) is 24.2 Å². The molecule has 216 valence electrons. The van der Waals surface area contributed by atoms with E-state index in [9.17, 15) is 22.9 Å². The highest BCUT2D eigenvalue weighted by molar-refractivity contribution is 7.80. The zero-order chi connectivity index (χ0) is 27.9. The number of hydrogen-bond acceptors (Lipinski definition) is 6. The number of methoxy groups -OCH3 is 1. The molecule has 5 rings (SSSR count). The Morgan fingerprint density at radius 1 is 1.03 bits per heavy atom. The summed E-state index contributed by atoms with van der Waals surface area (Å²) in [5.74, 6) is 0.559. The fourth-order valence-corrected chi connectivity index (χ4v) is 11.9. The fourth-order valence-electron chi connectivity index (χ4n) is 11.3. The lowest BCUT2D eigenvalue weighted by atomic mass is 9.42. The number of fused-ring (bicyclic) bond motifs is 2. The Kier molecular flexibility index (Phi) is 6.98. The van der Waals surface area contributed by atoms with Crippen molar-refractivity contribution in [1.82, 2.24) is 0 Å². The third-order valence-corrected chi connectivity index (χ3v) is 13.3. The minimum absolute atomic E-state index is 0.0231. The van der Waals surface area contributed by atoms with Gasteiger partial charge < -0.3 is 9.84 Å². The first-order valence-corrected chi connectivity index (χ1v) is 16.1. The summed E-state index contributed by atoms with van der Waals surface area (Å²) in [4.78, 5) is 13.0. The largest absolute Gasteiger partial charge is 0.469 e. The molecule has 0 aromatic rings. The molecule has 0 radical (unpaired) electrons. The molecule has 11 atom stereocenters. The van der Waals surface area contributed by atoms with Crippen LogP contribution in [0.3, 0.4) is 0 Å². The Balaban J connectivity index is 1.41. The van der Waals surface area contributed by atoms with Gasteiger partial charge >= 0.3 is 16.4 Å². The molecule has 11 unspecified atom stereocenters. The summed E-state index contributed by atoms with van der Waals surface area (Å²) < 4.78 is 42.8. The quantitative estimate of drug-likeness (QED) is 0.236. The van der Waals surface area contributed by atoms with Crippen molar-refractivity contribution in [2.45, 2.75) is 111 Å². The molecule has 38 heavy (non-hydrogen) atoms. The summed E-state index contributed by atoms with van der Waals surface area (Å²) in [6, 6.07) is 0. The van der Waals surface area contributed by atoms with Gasteiger partial charge in [0.1, 0.15) is 0 Å². The number of ether oxygens (including phenoxy) is 1. The second-order valence-corrected chi connectivity index (χ2v) is 15.4. The van der Waals surface area contributed by atoms with Crippen LogP contribution in [-0.2, 0) is 24.1 Å². The van der Waals surface area contributed by atoms with Crippen LogP contribution in [0.1, 0.15) is 98.8 Å². The average molecular weight is 553 g/mol. The third-order valence-electron chi connectivity index (χ3n) is 12.9. The lowest BCUT2D eigenvalue weighted by Crippen LogP contribution is -2.57. The molecule has 0 amide bonds. The number of esters is 1. The summed E-state index contributed by atoms with van der Waals surface area (Å²) in [5, 5.41) is 10.7. The summed E-state index contributed by atoms with van der Waals surface area (Å²) in [7, 11) is -3.31.